The number of pyridine rings is 1. The molecule has 0 radical (unpaired) electrons. The number of nitrogens with zero attached hydrogens (tertiary/aromatic N) is 1. The molecule has 1 aromatic rings. The van der Waals surface area contributed by atoms with Crippen molar-refractivity contribution in [3.63, 3.8) is 0 Å². The summed E-state index contributed by atoms with van der Waals surface area (Å²) in [6.45, 7) is 2.18. The van der Waals surface area contributed by atoms with Crippen LogP contribution in [0.15, 0.2) is 23.3 Å². The van der Waals surface area contributed by atoms with Crippen molar-refractivity contribution < 1.29 is 4.79 Å². The van der Waals surface area contributed by atoms with Crippen molar-refractivity contribution in [2.24, 2.45) is 5.92 Å². The lowest BCUT2D eigenvalue weighted by Crippen LogP contribution is -2.43. The lowest BCUT2D eigenvalue weighted by atomic mass is 9.85. The molecule has 1 heterocycles. The molecule has 2 unspecified atom stereocenters. The van der Waals surface area contributed by atoms with Crippen molar-refractivity contribution in [2.75, 3.05) is 7.05 Å². The molecule has 1 aliphatic rings. The zero-order valence-corrected chi connectivity index (χ0v) is 11.0. The van der Waals surface area contributed by atoms with Crippen molar-refractivity contribution >= 4 is 5.91 Å². The first-order chi connectivity index (χ1) is 8.61. The molecule has 2 atom stereocenters. The second kappa shape index (κ2) is 5.38. The highest BCUT2D eigenvalue weighted by molar-refractivity contribution is 5.93. The lowest BCUT2D eigenvalue weighted by Gasteiger charge is -2.36. The van der Waals surface area contributed by atoms with Gasteiger partial charge >= 0.3 is 0 Å². The van der Waals surface area contributed by atoms with E-state index in [1.165, 1.54) is 18.7 Å². The number of hydrogen-bond acceptors (Lipinski definition) is 2. The maximum Gasteiger partial charge on any atom is 0.259 e. The molecule has 2 rings (SSSR count). The Labute approximate surface area is 107 Å². The van der Waals surface area contributed by atoms with Gasteiger partial charge < -0.3 is 9.88 Å². The molecule has 1 N–H and O–H groups in total. The Morgan fingerprint density at radius 2 is 2.11 bits per heavy atom. The van der Waals surface area contributed by atoms with Gasteiger partial charge in [-0.3, -0.25) is 9.59 Å². The minimum Gasteiger partial charge on any atom is -0.367 e. The summed E-state index contributed by atoms with van der Waals surface area (Å²) in [7, 11) is 1.81. The monoisotopic (exact) mass is 248 g/mol. The molecular weight excluding hydrogens is 228 g/mol. The molecule has 1 amide bonds. The number of rotatable bonds is 2. The number of hydrogen-bond donors (Lipinski definition) is 1. The van der Waals surface area contributed by atoms with Gasteiger partial charge in [0, 0.05) is 31.5 Å². The van der Waals surface area contributed by atoms with Crippen molar-refractivity contribution in [1.29, 1.82) is 0 Å². The van der Waals surface area contributed by atoms with E-state index in [4.69, 9.17) is 0 Å². The average Bonchev–Trinajstić information content (AvgIpc) is 2.38. The van der Waals surface area contributed by atoms with Gasteiger partial charge in [-0.15, -0.1) is 0 Å². The summed E-state index contributed by atoms with van der Waals surface area (Å²) in [5.41, 5.74) is 0.0202. The van der Waals surface area contributed by atoms with Gasteiger partial charge in [0.25, 0.3) is 5.91 Å². The van der Waals surface area contributed by atoms with Gasteiger partial charge in [0.1, 0.15) is 5.56 Å². The first kappa shape index (κ1) is 12.9. The van der Waals surface area contributed by atoms with E-state index >= 15 is 0 Å². The minimum atomic E-state index is -0.214. The third-order valence-electron chi connectivity index (χ3n) is 3.94. The van der Waals surface area contributed by atoms with Gasteiger partial charge in [0.05, 0.1) is 0 Å². The van der Waals surface area contributed by atoms with Crippen LogP contribution in [-0.2, 0) is 0 Å². The van der Waals surface area contributed by atoms with Crippen LogP contribution < -0.4 is 5.43 Å². The first-order valence-electron chi connectivity index (χ1n) is 6.55. The summed E-state index contributed by atoms with van der Waals surface area (Å²) < 4.78 is 0. The molecule has 0 aliphatic heterocycles. The zero-order chi connectivity index (χ0) is 13.1. The number of amides is 1. The van der Waals surface area contributed by atoms with Crippen LogP contribution in [-0.4, -0.2) is 28.9 Å². The van der Waals surface area contributed by atoms with Crippen LogP contribution in [0.3, 0.4) is 0 Å². The Balaban J connectivity index is 2.18. The summed E-state index contributed by atoms with van der Waals surface area (Å²) in [5.74, 6) is 0.339. The summed E-state index contributed by atoms with van der Waals surface area (Å²) in [6.07, 6.45) is 7.64. The third kappa shape index (κ3) is 2.47. The van der Waals surface area contributed by atoms with Crippen LogP contribution >= 0.6 is 0 Å². The number of carbonyl (C=O) groups is 1. The van der Waals surface area contributed by atoms with E-state index in [1.54, 1.807) is 18.1 Å². The predicted molar refractivity (Wildman–Crippen MR) is 70.6 cm³/mol. The molecular formula is C14H20N2O2. The molecule has 18 heavy (non-hydrogen) atoms. The van der Waals surface area contributed by atoms with Gasteiger partial charge in [0.15, 0.2) is 5.43 Å². The SMILES string of the molecule is CC1CCCCC1N(C)C(=O)c1c[nH]ccc1=O. The number of H-pyrrole nitrogens is 1. The predicted octanol–water partition coefficient (Wildman–Crippen LogP) is 2.03. The second-order valence-corrected chi connectivity index (χ2v) is 5.17. The maximum absolute atomic E-state index is 12.3. The van der Waals surface area contributed by atoms with Crippen molar-refractivity contribution in [3.05, 3.63) is 34.2 Å². The smallest absolute Gasteiger partial charge is 0.259 e. The maximum atomic E-state index is 12.3. The Hall–Kier alpha value is -1.58. The molecule has 4 heteroatoms. The molecule has 1 aliphatic carbocycles. The summed E-state index contributed by atoms with van der Waals surface area (Å²) in [5, 5.41) is 0. The minimum absolute atomic E-state index is 0.171. The van der Waals surface area contributed by atoms with E-state index in [0.717, 1.165) is 19.3 Å². The molecule has 1 saturated carbocycles. The number of aromatic amines is 1. The fraction of sp³-hybridized carbons (Fsp3) is 0.571. The molecule has 0 saturated heterocycles. The summed E-state index contributed by atoms with van der Waals surface area (Å²) in [6, 6.07) is 1.65. The van der Waals surface area contributed by atoms with Gasteiger partial charge in [0.2, 0.25) is 0 Å². The topological polar surface area (TPSA) is 53.2 Å². The van der Waals surface area contributed by atoms with Crippen molar-refractivity contribution in [3.8, 4) is 0 Å². The van der Waals surface area contributed by atoms with E-state index in [2.05, 4.69) is 11.9 Å². The van der Waals surface area contributed by atoms with Crippen LogP contribution in [0.1, 0.15) is 43.0 Å². The average molecular weight is 248 g/mol. The van der Waals surface area contributed by atoms with Crippen molar-refractivity contribution in [1.82, 2.24) is 9.88 Å². The molecule has 1 fully saturated rings. The van der Waals surface area contributed by atoms with Crippen LogP contribution in [0.4, 0.5) is 0 Å². The molecule has 98 valence electrons. The largest absolute Gasteiger partial charge is 0.367 e. The van der Waals surface area contributed by atoms with Crippen LogP contribution in [0.5, 0.6) is 0 Å². The zero-order valence-electron chi connectivity index (χ0n) is 11.0. The number of nitrogens with one attached hydrogen (secondary N) is 1. The Morgan fingerprint density at radius 3 is 2.78 bits per heavy atom. The standard InChI is InChI=1S/C14H20N2O2/c1-10-5-3-4-6-12(10)16(2)14(18)11-9-15-8-7-13(11)17/h7-10,12H,3-6H2,1-2H3,(H,15,17). The Kier molecular flexibility index (Phi) is 3.84. The summed E-state index contributed by atoms with van der Waals surface area (Å²) in [4.78, 5) is 28.5. The van der Waals surface area contributed by atoms with Crippen LogP contribution in [0.2, 0.25) is 0 Å². The molecule has 0 aromatic carbocycles. The van der Waals surface area contributed by atoms with E-state index in [1.807, 2.05) is 0 Å². The number of aromatic nitrogens is 1. The number of carbonyl (C=O) groups excluding carboxylic acids is 1. The Bertz CT molecular complexity index is 481. The fourth-order valence-corrected chi connectivity index (χ4v) is 2.80. The molecule has 4 nitrogen and oxygen atoms in total. The normalized spacial score (nSPS) is 23.7. The Morgan fingerprint density at radius 1 is 1.39 bits per heavy atom. The van der Waals surface area contributed by atoms with Gasteiger partial charge in [-0.2, -0.15) is 0 Å². The highest BCUT2D eigenvalue weighted by Crippen LogP contribution is 2.27. The van der Waals surface area contributed by atoms with E-state index in [9.17, 15) is 9.59 Å². The molecule has 1 aromatic heterocycles. The fourth-order valence-electron chi connectivity index (χ4n) is 2.80. The second-order valence-electron chi connectivity index (χ2n) is 5.17. The molecule has 0 bridgehead atoms. The lowest BCUT2D eigenvalue weighted by molar-refractivity contribution is 0.0627. The first-order valence-corrected chi connectivity index (χ1v) is 6.55. The quantitative estimate of drug-likeness (QED) is 0.870. The highest BCUT2D eigenvalue weighted by Gasteiger charge is 2.29. The van der Waals surface area contributed by atoms with E-state index < -0.39 is 0 Å². The van der Waals surface area contributed by atoms with Gasteiger partial charge in [-0.25, -0.2) is 0 Å². The van der Waals surface area contributed by atoms with E-state index in [0.29, 0.717) is 5.92 Å². The molecule has 0 spiro atoms. The van der Waals surface area contributed by atoms with Crippen LogP contribution in [0.25, 0.3) is 0 Å². The van der Waals surface area contributed by atoms with Gasteiger partial charge in [-0.1, -0.05) is 19.8 Å². The van der Waals surface area contributed by atoms with Gasteiger partial charge in [-0.05, 0) is 18.8 Å². The third-order valence-corrected chi connectivity index (χ3v) is 3.94. The summed E-state index contributed by atoms with van der Waals surface area (Å²) >= 11 is 0. The highest BCUT2D eigenvalue weighted by atomic mass is 16.2. The van der Waals surface area contributed by atoms with E-state index in [-0.39, 0.29) is 22.9 Å². The van der Waals surface area contributed by atoms with Crippen LogP contribution in [0, 0.1) is 5.92 Å². The van der Waals surface area contributed by atoms with Crippen molar-refractivity contribution in [2.45, 2.75) is 38.6 Å².